The van der Waals surface area contributed by atoms with Crippen molar-refractivity contribution in [3.05, 3.63) is 24.3 Å². The molecule has 4 nitrogen and oxygen atoms in total. The summed E-state index contributed by atoms with van der Waals surface area (Å²) in [5, 5.41) is -0.127. The zero-order valence-corrected chi connectivity index (χ0v) is 14.6. The molecule has 1 aliphatic heterocycles. The standard InChI is InChI=1S/C16H20N2O2S2/c1-10-8-18(9-11(2)20-10)15(19)12(3)21-16-17-13-6-4-5-7-14(13)22-16/h4-7,10-12H,8-9H2,1-3H3/t10-,11+,12-/m1/s1. The Bertz CT molecular complexity index is 630. The average molecular weight is 336 g/mol. The molecule has 2 aromatic rings. The van der Waals surface area contributed by atoms with E-state index in [1.54, 1.807) is 23.1 Å². The van der Waals surface area contributed by atoms with Crippen LogP contribution >= 0.6 is 23.1 Å². The number of amides is 1. The lowest BCUT2D eigenvalue weighted by Gasteiger charge is -2.36. The van der Waals surface area contributed by atoms with Crippen molar-refractivity contribution in [3.8, 4) is 0 Å². The van der Waals surface area contributed by atoms with Crippen LogP contribution in [0.1, 0.15) is 20.8 Å². The van der Waals surface area contributed by atoms with Crippen molar-refractivity contribution in [1.29, 1.82) is 0 Å². The lowest BCUT2D eigenvalue weighted by atomic mass is 10.2. The highest BCUT2D eigenvalue weighted by Crippen LogP contribution is 2.32. The number of ether oxygens (including phenoxy) is 1. The minimum atomic E-state index is -0.127. The number of thiazole rings is 1. The van der Waals surface area contributed by atoms with Gasteiger partial charge in [0.1, 0.15) is 0 Å². The number of fused-ring (bicyclic) bond motifs is 1. The molecule has 0 spiro atoms. The fourth-order valence-electron chi connectivity index (χ4n) is 2.72. The molecule has 0 bridgehead atoms. The Hall–Kier alpha value is -1.11. The van der Waals surface area contributed by atoms with E-state index in [0.29, 0.717) is 13.1 Å². The second-order valence-electron chi connectivity index (χ2n) is 5.71. The third-order valence-corrected chi connectivity index (χ3v) is 5.85. The van der Waals surface area contributed by atoms with Crippen molar-refractivity contribution in [2.75, 3.05) is 13.1 Å². The summed E-state index contributed by atoms with van der Waals surface area (Å²) in [6, 6.07) is 8.07. The van der Waals surface area contributed by atoms with Crippen molar-refractivity contribution in [2.45, 2.75) is 42.6 Å². The predicted molar refractivity (Wildman–Crippen MR) is 91.5 cm³/mol. The van der Waals surface area contributed by atoms with E-state index in [0.717, 1.165) is 9.86 Å². The summed E-state index contributed by atoms with van der Waals surface area (Å²) >= 11 is 3.20. The van der Waals surface area contributed by atoms with Crippen LogP contribution in [0.25, 0.3) is 10.2 Å². The molecule has 0 saturated carbocycles. The quantitative estimate of drug-likeness (QED) is 0.806. The highest BCUT2D eigenvalue weighted by atomic mass is 32.2. The van der Waals surface area contributed by atoms with Gasteiger partial charge in [0.25, 0.3) is 0 Å². The normalized spacial score (nSPS) is 23.7. The number of morpholine rings is 1. The number of thioether (sulfide) groups is 1. The Kier molecular flexibility index (Phi) is 4.70. The van der Waals surface area contributed by atoms with Gasteiger partial charge in [0.2, 0.25) is 5.91 Å². The Morgan fingerprint density at radius 2 is 2.05 bits per heavy atom. The summed E-state index contributed by atoms with van der Waals surface area (Å²) in [4.78, 5) is 19.2. The van der Waals surface area contributed by atoms with E-state index in [9.17, 15) is 4.79 Å². The number of rotatable bonds is 3. The molecule has 1 aromatic carbocycles. The van der Waals surface area contributed by atoms with Gasteiger partial charge in [0.15, 0.2) is 4.34 Å². The summed E-state index contributed by atoms with van der Waals surface area (Å²) in [5.74, 6) is 0.172. The van der Waals surface area contributed by atoms with Gasteiger partial charge in [-0.3, -0.25) is 4.79 Å². The molecule has 6 heteroatoms. The maximum atomic E-state index is 12.6. The van der Waals surface area contributed by atoms with Crippen LogP contribution in [-0.2, 0) is 9.53 Å². The van der Waals surface area contributed by atoms with Crippen LogP contribution in [0.15, 0.2) is 28.6 Å². The van der Waals surface area contributed by atoms with Gasteiger partial charge < -0.3 is 9.64 Å². The molecular weight excluding hydrogens is 316 g/mol. The van der Waals surface area contributed by atoms with Crippen LogP contribution in [0.4, 0.5) is 0 Å². The smallest absolute Gasteiger partial charge is 0.236 e. The van der Waals surface area contributed by atoms with E-state index >= 15 is 0 Å². The number of hydrogen-bond acceptors (Lipinski definition) is 5. The average Bonchev–Trinajstić information content (AvgIpc) is 2.87. The highest BCUT2D eigenvalue weighted by molar-refractivity contribution is 8.02. The molecule has 1 aromatic heterocycles. The first kappa shape index (κ1) is 15.8. The Labute approximate surface area is 138 Å². The first-order chi connectivity index (χ1) is 10.5. The molecule has 0 unspecified atom stereocenters. The van der Waals surface area contributed by atoms with E-state index in [-0.39, 0.29) is 23.4 Å². The molecule has 1 aliphatic rings. The second kappa shape index (κ2) is 6.56. The number of carbonyl (C=O) groups excluding carboxylic acids is 1. The summed E-state index contributed by atoms with van der Waals surface area (Å²) in [6.07, 6.45) is 0.208. The van der Waals surface area contributed by atoms with E-state index in [2.05, 4.69) is 11.1 Å². The van der Waals surface area contributed by atoms with E-state index in [4.69, 9.17) is 4.74 Å². The van der Waals surface area contributed by atoms with Crippen LogP contribution in [0.3, 0.4) is 0 Å². The Morgan fingerprint density at radius 3 is 2.73 bits per heavy atom. The van der Waals surface area contributed by atoms with Crippen molar-refractivity contribution in [2.24, 2.45) is 0 Å². The molecule has 22 heavy (non-hydrogen) atoms. The van der Waals surface area contributed by atoms with Gasteiger partial charge in [-0.2, -0.15) is 0 Å². The molecule has 1 saturated heterocycles. The summed E-state index contributed by atoms with van der Waals surface area (Å²) in [6.45, 7) is 7.34. The monoisotopic (exact) mass is 336 g/mol. The van der Waals surface area contributed by atoms with Crippen LogP contribution in [-0.4, -0.2) is 46.3 Å². The third-order valence-electron chi connectivity index (χ3n) is 3.63. The number of carbonyl (C=O) groups is 1. The van der Waals surface area contributed by atoms with Crippen LogP contribution in [0, 0.1) is 0 Å². The molecule has 3 atom stereocenters. The van der Waals surface area contributed by atoms with Gasteiger partial charge in [-0.25, -0.2) is 4.98 Å². The molecular formula is C16H20N2O2S2. The van der Waals surface area contributed by atoms with Gasteiger partial charge in [0, 0.05) is 13.1 Å². The van der Waals surface area contributed by atoms with Crippen LogP contribution in [0.2, 0.25) is 0 Å². The molecule has 0 aliphatic carbocycles. The number of nitrogens with zero attached hydrogens (tertiary/aromatic N) is 2. The first-order valence-electron chi connectivity index (χ1n) is 7.49. The molecule has 2 heterocycles. The highest BCUT2D eigenvalue weighted by Gasteiger charge is 2.29. The van der Waals surface area contributed by atoms with Gasteiger partial charge in [0.05, 0.1) is 27.7 Å². The van der Waals surface area contributed by atoms with Gasteiger partial charge >= 0.3 is 0 Å². The fourth-order valence-corrected chi connectivity index (χ4v) is 5.01. The van der Waals surface area contributed by atoms with Gasteiger partial charge in [-0.1, -0.05) is 23.9 Å². The lowest BCUT2D eigenvalue weighted by molar-refractivity contribution is -0.142. The molecule has 3 rings (SSSR count). The fraction of sp³-hybridized carbons (Fsp3) is 0.500. The second-order valence-corrected chi connectivity index (χ2v) is 8.33. The van der Waals surface area contributed by atoms with E-state index in [1.165, 1.54) is 4.70 Å². The first-order valence-corrected chi connectivity index (χ1v) is 9.19. The topological polar surface area (TPSA) is 42.4 Å². The van der Waals surface area contributed by atoms with Crippen LogP contribution < -0.4 is 0 Å². The SMILES string of the molecule is C[C@@H]1CN(C(=O)[C@@H](C)Sc2nc3ccccc3s2)C[C@H](C)O1. The molecule has 0 radical (unpaired) electrons. The number of para-hydroxylation sites is 1. The van der Waals surface area contributed by atoms with Gasteiger partial charge in [-0.15, -0.1) is 11.3 Å². The minimum absolute atomic E-state index is 0.104. The van der Waals surface area contributed by atoms with E-state index < -0.39 is 0 Å². The van der Waals surface area contributed by atoms with Crippen molar-refractivity contribution < 1.29 is 9.53 Å². The Morgan fingerprint density at radius 1 is 1.36 bits per heavy atom. The zero-order valence-electron chi connectivity index (χ0n) is 13.0. The summed E-state index contributed by atoms with van der Waals surface area (Å²) < 4.78 is 7.81. The number of aromatic nitrogens is 1. The number of hydrogen-bond donors (Lipinski definition) is 0. The molecule has 0 N–H and O–H groups in total. The summed E-state index contributed by atoms with van der Waals surface area (Å²) in [5.41, 5.74) is 1.00. The molecule has 1 amide bonds. The van der Waals surface area contributed by atoms with Gasteiger partial charge in [-0.05, 0) is 32.9 Å². The van der Waals surface area contributed by atoms with Crippen molar-refractivity contribution in [1.82, 2.24) is 9.88 Å². The minimum Gasteiger partial charge on any atom is -0.372 e. The van der Waals surface area contributed by atoms with Crippen LogP contribution in [0.5, 0.6) is 0 Å². The van der Waals surface area contributed by atoms with Crippen molar-refractivity contribution >= 4 is 39.2 Å². The predicted octanol–water partition coefficient (Wildman–Crippen LogP) is 3.41. The van der Waals surface area contributed by atoms with Crippen molar-refractivity contribution in [3.63, 3.8) is 0 Å². The maximum Gasteiger partial charge on any atom is 0.236 e. The molecule has 118 valence electrons. The van der Waals surface area contributed by atoms with E-state index in [1.807, 2.05) is 43.9 Å². The zero-order chi connectivity index (χ0) is 15.7. The maximum absolute atomic E-state index is 12.6. The number of benzene rings is 1. The third kappa shape index (κ3) is 3.45. The largest absolute Gasteiger partial charge is 0.372 e. The summed E-state index contributed by atoms with van der Waals surface area (Å²) in [7, 11) is 0. The Balaban J connectivity index is 1.68. The molecule has 1 fully saturated rings. The lowest BCUT2D eigenvalue weighted by Crippen LogP contribution is -2.50.